The Bertz CT molecular complexity index is 893. The molecule has 0 atom stereocenters. The third kappa shape index (κ3) is 3.91. The van der Waals surface area contributed by atoms with E-state index in [1.807, 2.05) is 78.9 Å². The first-order valence-electron chi connectivity index (χ1n) is 8.11. The lowest BCUT2D eigenvalue weighted by Gasteiger charge is -2.09. The van der Waals surface area contributed by atoms with Crippen molar-refractivity contribution in [3.63, 3.8) is 0 Å². The van der Waals surface area contributed by atoms with Crippen LogP contribution < -0.4 is 0 Å². The Balaban J connectivity index is 2.08. The highest BCUT2D eigenvalue weighted by atomic mass is 16.1. The van der Waals surface area contributed by atoms with Crippen molar-refractivity contribution in [3.8, 4) is 6.07 Å². The van der Waals surface area contributed by atoms with Gasteiger partial charge < -0.3 is 0 Å². The molecule has 0 spiro atoms. The topological polar surface area (TPSA) is 40.9 Å². The highest BCUT2D eigenvalue weighted by Crippen LogP contribution is 2.24. The Morgan fingerprint density at radius 3 is 1.88 bits per heavy atom. The quantitative estimate of drug-likeness (QED) is 0.486. The average molecular weight is 323 g/mol. The maximum Gasteiger partial charge on any atom is 0.186 e. The molecule has 120 valence electrons. The van der Waals surface area contributed by atoms with Crippen molar-refractivity contribution in [2.75, 3.05) is 0 Å². The van der Waals surface area contributed by atoms with Crippen LogP contribution in [0, 0.1) is 11.3 Å². The Morgan fingerprint density at radius 1 is 0.800 bits per heavy atom. The summed E-state index contributed by atoms with van der Waals surface area (Å²) < 4.78 is 0. The van der Waals surface area contributed by atoms with Crippen molar-refractivity contribution in [1.82, 2.24) is 0 Å². The van der Waals surface area contributed by atoms with Crippen LogP contribution in [0.5, 0.6) is 0 Å². The first-order valence-corrected chi connectivity index (χ1v) is 8.11. The van der Waals surface area contributed by atoms with Crippen LogP contribution in [0.3, 0.4) is 0 Å². The van der Waals surface area contributed by atoms with Gasteiger partial charge in [0, 0.05) is 5.56 Å². The van der Waals surface area contributed by atoms with Crippen LogP contribution in [0.2, 0.25) is 0 Å². The van der Waals surface area contributed by atoms with Crippen molar-refractivity contribution < 1.29 is 4.79 Å². The van der Waals surface area contributed by atoms with Gasteiger partial charge >= 0.3 is 0 Å². The van der Waals surface area contributed by atoms with Gasteiger partial charge in [0.25, 0.3) is 0 Å². The molecular formula is C23H17NO. The number of nitriles is 1. The van der Waals surface area contributed by atoms with Gasteiger partial charge in [-0.05, 0) is 28.3 Å². The summed E-state index contributed by atoms with van der Waals surface area (Å²) in [6.07, 6.45) is 1.89. The number of carbonyl (C=O) groups excluding carboxylic acids is 1. The number of hydrogen-bond acceptors (Lipinski definition) is 2. The summed E-state index contributed by atoms with van der Waals surface area (Å²) in [6.45, 7) is 0. The molecule has 0 fully saturated rings. The van der Waals surface area contributed by atoms with Crippen molar-refractivity contribution in [1.29, 1.82) is 5.26 Å². The van der Waals surface area contributed by atoms with E-state index in [1.54, 1.807) is 12.1 Å². The lowest BCUT2D eigenvalue weighted by atomic mass is 9.94. The fourth-order valence-corrected chi connectivity index (χ4v) is 2.78. The van der Waals surface area contributed by atoms with E-state index in [-0.39, 0.29) is 12.2 Å². The number of allylic oxidation sites excluding steroid dienone is 1. The molecule has 3 rings (SSSR count). The van der Waals surface area contributed by atoms with E-state index in [2.05, 4.69) is 6.07 Å². The van der Waals surface area contributed by atoms with Crippen molar-refractivity contribution in [2.24, 2.45) is 0 Å². The minimum Gasteiger partial charge on any atom is -0.289 e. The summed E-state index contributed by atoms with van der Waals surface area (Å²) in [5.41, 5.74) is 4.18. The molecule has 0 saturated carbocycles. The number of hydrogen-bond donors (Lipinski definition) is 0. The zero-order valence-electron chi connectivity index (χ0n) is 13.7. The lowest BCUT2D eigenvalue weighted by molar-refractivity contribution is 0.104. The molecule has 0 aliphatic heterocycles. The molecule has 0 bridgehead atoms. The molecule has 0 aliphatic rings. The van der Waals surface area contributed by atoms with E-state index in [1.165, 1.54) is 0 Å². The number of nitrogens with zero attached hydrogens (tertiary/aromatic N) is 1. The molecule has 0 radical (unpaired) electrons. The largest absolute Gasteiger partial charge is 0.289 e. The van der Waals surface area contributed by atoms with Crippen LogP contribution in [-0.4, -0.2) is 5.78 Å². The van der Waals surface area contributed by atoms with Gasteiger partial charge in [-0.2, -0.15) is 5.26 Å². The number of carbonyl (C=O) groups is 1. The third-order valence-corrected chi connectivity index (χ3v) is 4.00. The molecule has 0 aliphatic carbocycles. The van der Waals surface area contributed by atoms with Crippen LogP contribution in [0.4, 0.5) is 0 Å². The second kappa shape index (κ2) is 7.90. The van der Waals surface area contributed by atoms with Gasteiger partial charge in [0.05, 0.1) is 12.5 Å². The van der Waals surface area contributed by atoms with E-state index in [0.717, 1.165) is 22.3 Å². The second-order valence-corrected chi connectivity index (χ2v) is 5.65. The molecule has 2 nitrogen and oxygen atoms in total. The highest BCUT2D eigenvalue weighted by Gasteiger charge is 2.12. The zero-order valence-corrected chi connectivity index (χ0v) is 13.7. The maximum atomic E-state index is 12.9. The van der Waals surface area contributed by atoms with Gasteiger partial charge in [0.2, 0.25) is 0 Å². The van der Waals surface area contributed by atoms with Gasteiger partial charge in [-0.1, -0.05) is 84.9 Å². The maximum absolute atomic E-state index is 12.9. The van der Waals surface area contributed by atoms with Crippen LogP contribution in [0.1, 0.15) is 27.0 Å². The van der Waals surface area contributed by atoms with E-state index in [0.29, 0.717) is 5.56 Å². The molecule has 0 heterocycles. The summed E-state index contributed by atoms with van der Waals surface area (Å²) >= 11 is 0. The van der Waals surface area contributed by atoms with E-state index >= 15 is 0 Å². The normalized spacial score (nSPS) is 9.88. The summed E-state index contributed by atoms with van der Waals surface area (Å²) in [5, 5.41) is 8.99. The minimum absolute atomic E-state index is 0.0893. The van der Waals surface area contributed by atoms with Crippen LogP contribution in [-0.2, 0) is 6.42 Å². The van der Waals surface area contributed by atoms with Crippen molar-refractivity contribution in [2.45, 2.75) is 6.42 Å². The van der Waals surface area contributed by atoms with Gasteiger partial charge in [0.15, 0.2) is 5.78 Å². The Kier molecular flexibility index (Phi) is 5.19. The Labute approximate surface area is 147 Å². The van der Waals surface area contributed by atoms with Crippen LogP contribution in [0.15, 0.2) is 91.0 Å². The molecule has 0 N–H and O–H groups in total. The summed E-state index contributed by atoms with van der Waals surface area (Å²) in [5.74, 6) is -0.0893. The lowest BCUT2D eigenvalue weighted by Crippen LogP contribution is -2.02. The highest BCUT2D eigenvalue weighted by molar-refractivity contribution is 6.11. The standard InChI is InChI=1S/C23H17NO/c24-16-15-20-13-7-8-14-21(20)23(25)17-22(18-9-3-1-4-10-18)19-11-5-2-6-12-19/h1-14,17H,15H2. The number of benzene rings is 3. The fourth-order valence-electron chi connectivity index (χ4n) is 2.78. The monoisotopic (exact) mass is 323 g/mol. The predicted molar refractivity (Wildman–Crippen MR) is 100 cm³/mol. The first kappa shape index (κ1) is 16.4. The zero-order chi connectivity index (χ0) is 17.5. The van der Waals surface area contributed by atoms with Crippen LogP contribution in [0.25, 0.3) is 5.57 Å². The number of rotatable bonds is 5. The Morgan fingerprint density at radius 2 is 1.32 bits per heavy atom. The van der Waals surface area contributed by atoms with Gasteiger partial charge in [-0.25, -0.2) is 0 Å². The molecule has 3 aromatic rings. The van der Waals surface area contributed by atoms with Gasteiger partial charge in [0.1, 0.15) is 0 Å². The smallest absolute Gasteiger partial charge is 0.186 e. The van der Waals surface area contributed by atoms with Crippen molar-refractivity contribution in [3.05, 3.63) is 113 Å². The molecule has 0 aromatic heterocycles. The third-order valence-electron chi connectivity index (χ3n) is 4.00. The Hall–Kier alpha value is -3.44. The molecule has 0 saturated heterocycles. The molecular weight excluding hydrogens is 306 g/mol. The van der Waals surface area contributed by atoms with Crippen LogP contribution >= 0.6 is 0 Å². The molecule has 2 heteroatoms. The number of ketones is 1. The average Bonchev–Trinajstić information content (AvgIpc) is 2.68. The second-order valence-electron chi connectivity index (χ2n) is 5.65. The predicted octanol–water partition coefficient (Wildman–Crippen LogP) is 5.07. The summed E-state index contributed by atoms with van der Waals surface area (Å²) in [6, 6.07) is 29.1. The van der Waals surface area contributed by atoms with Crippen molar-refractivity contribution >= 4 is 11.4 Å². The molecule has 0 amide bonds. The first-order chi connectivity index (χ1) is 12.3. The summed E-state index contributed by atoms with van der Waals surface area (Å²) in [7, 11) is 0. The fraction of sp³-hybridized carbons (Fsp3) is 0.0435. The molecule has 25 heavy (non-hydrogen) atoms. The van der Waals surface area contributed by atoms with E-state index in [4.69, 9.17) is 5.26 Å². The summed E-state index contributed by atoms with van der Waals surface area (Å²) in [4.78, 5) is 12.9. The van der Waals surface area contributed by atoms with Gasteiger partial charge in [-0.3, -0.25) is 4.79 Å². The van der Waals surface area contributed by atoms with E-state index < -0.39 is 0 Å². The SMILES string of the molecule is N#CCc1ccccc1C(=O)C=C(c1ccccc1)c1ccccc1. The van der Waals surface area contributed by atoms with E-state index in [9.17, 15) is 4.79 Å². The minimum atomic E-state index is -0.0893. The van der Waals surface area contributed by atoms with Gasteiger partial charge in [-0.15, -0.1) is 0 Å². The molecule has 0 unspecified atom stereocenters. The molecule has 3 aromatic carbocycles.